The highest BCUT2D eigenvalue weighted by atomic mass is 16.6. The van der Waals surface area contributed by atoms with Gasteiger partial charge in [-0.3, -0.25) is 9.47 Å². The van der Waals surface area contributed by atoms with Gasteiger partial charge in [0.2, 0.25) is 0 Å². The third kappa shape index (κ3) is 4.88. The molecule has 0 bridgehead atoms. The topological polar surface area (TPSA) is 151 Å². The average molecular weight is 561 g/mol. The summed E-state index contributed by atoms with van der Waals surface area (Å²) in [5.74, 6) is 2.72. The minimum Gasteiger partial charge on any atom is -0.387 e. The van der Waals surface area contributed by atoms with E-state index in [4.69, 9.17) is 15.5 Å². The number of aliphatic hydroxyl groups excluding tert-OH is 2. The number of anilines is 1. The van der Waals surface area contributed by atoms with Gasteiger partial charge in [-0.15, -0.1) is 0 Å². The first-order chi connectivity index (χ1) is 19.9. The zero-order chi connectivity index (χ0) is 28.2. The number of rotatable bonds is 9. The van der Waals surface area contributed by atoms with Crippen LogP contribution >= 0.6 is 0 Å². The summed E-state index contributed by atoms with van der Waals surface area (Å²) in [6.07, 6.45) is 7.68. The van der Waals surface area contributed by atoms with E-state index < -0.39 is 24.5 Å². The number of hydrogen-bond acceptors (Lipinski definition) is 9. The fourth-order valence-corrected chi connectivity index (χ4v) is 6.90. The lowest BCUT2D eigenvalue weighted by atomic mass is 9.76. The number of fused-ring (bicyclic) bond motifs is 2. The monoisotopic (exact) mass is 560 g/mol. The van der Waals surface area contributed by atoms with Crippen molar-refractivity contribution >= 4 is 28.0 Å². The van der Waals surface area contributed by atoms with Gasteiger partial charge < -0.3 is 25.7 Å². The molecule has 1 aliphatic heterocycles. The number of aromatic amines is 1. The van der Waals surface area contributed by atoms with Gasteiger partial charge in [-0.1, -0.05) is 12.5 Å². The molecule has 3 aromatic heterocycles. The van der Waals surface area contributed by atoms with Crippen LogP contribution in [0.15, 0.2) is 30.9 Å². The van der Waals surface area contributed by atoms with E-state index in [1.165, 1.54) is 37.5 Å². The molecule has 2 aliphatic carbocycles. The minimum atomic E-state index is -1.11. The Labute approximate surface area is 239 Å². The van der Waals surface area contributed by atoms with E-state index >= 15 is 0 Å². The normalized spacial score (nSPS) is 28.6. The van der Waals surface area contributed by atoms with E-state index in [1.807, 2.05) is 0 Å². The second-order valence-corrected chi connectivity index (χ2v) is 12.5. The number of ether oxygens (including phenoxy) is 1. The van der Waals surface area contributed by atoms with Crippen LogP contribution in [-0.2, 0) is 11.2 Å². The fourth-order valence-electron chi connectivity index (χ4n) is 6.90. The number of aryl methyl sites for hydroxylation is 1. The van der Waals surface area contributed by atoms with Gasteiger partial charge in [0.05, 0.1) is 17.4 Å². The Balaban J connectivity index is 0.953. The smallest absolute Gasteiger partial charge is 0.167 e. The van der Waals surface area contributed by atoms with E-state index in [0.29, 0.717) is 29.7 Å². The van der Waals surface area contributed by atoms with Gasteiger partial charge in [0.25, 0.3) is 0 Å². The quantitative estimate of drug-likeness (QED) is 0.242. The van der Waals surface area contributed by atoms with Crippen LogP contribution in [0.4, 0.5) is 5.82 Å². The number of H-pyrrole nitrogens is 1. The number of nitrogens with two attached hydrogens (primary N) is 1. The first kappa shape index (κ1) is 26.8. The third-order valence-electron chi connectivity index (χ3n) is 9.65. The highest BCUT2D eigenvalue weighted by molar-refractivity contribution is 5.81. The molecule has 4 atom stereocenters. The van der Waals surface area contributed by atoms with Crippen LogP contribution < -0.4 is 5.73 Å². The Morgan fingerprint density at radius 1 is 1.15 bits per heavy atom. The molecule has 1 aromatic carbocycles. The highest BCUT2D eigenvalue weighted by Crippen LogP contribution is 2.39. The molecule has 2 saturated carbocycles. The predicted molar refractivity (Wildman–Crippen MR) is 155 cm³/mol. The first-order valence-electron chi connectivity index (χ1n) is 15.0. The first-order valence-corrected chi connectivity index (χ1v) is 15.0. The molecule has 0 amide bonds. The summed E-state index contributed by atoms with van der Waals surface area (Å²) in [5.41, 5.74) is 10.5. The van der Waals surface area contributed by atoms with Crippen molar-refractivity contribution in [3.05, 3.63) is 42.2 Å². The molecule has 11 nitrogen and oxygen atoms in total. The van der Waals surface area contributed by atoms with Crippen molar-refractivity contribution in [3.8, 4) is 0 Å². The molecule has 41 heavy (non-hydrogen) atoms. The highest BCUT2D eigenvalue weighted by Gasteiger charge is 2.46. The maximum Gasteiger partial charge on any atom is 0.167 e. The fraction of sp³-hybridized carbons (Fsp3) is 0.600. The largest absolute Gasteiger partial charge is 0.387 e. The molecular formula is C30H40N8O3. The lowest BCUT2D eigenvalue weighted by molar-refractivity contribution is -0.0620. The van der Waals surface area contributed by atoms with Gasteiger partial charge in [-0.05, 0) is 75.5 Å². The molecule has 0 unspecified atom stereocenters. The van der Waals surface area contributed by atoms with Crippen LogP contribution in [0.2, 0.25) is 0 Å². The average Bonchev–Trinajstić information content (AvgIpc) is 3.58. The Hall–Kier alpha value is -3.12. The summed E-state index contributed by atoms with van der Waals surface area (Å²) in [6, 6.07) is 7.43. The molecule has 218 valence electrons. The number of nitrogens with zero attached hydrogens (tertiary/aromatic N) is 6. The number of nitrogens with one attached hydrogen (secondary N) is 1. The number of hydrogen-bond donors (Lipinski definition) is 4. The molecule has 3 fully saturated rings. The second-order valence-electron chi connectivity index (χ2n) is 12.5. The van der Waals surface area contributed by atoms with Crippen LogP contribution in [-0.4, -0.2) is 81.5 Å². The number of aliphatic hydroxyl groups is 2. The van der Waals surface area contributed by atoms with E-state index in [-0.39, 0.29) is 11.9 Å². The molecule has 0 radical (unpaired) electrons. The molecular weight excluding hydrogens is 520 g/mol. The van der Waals surface area contributed by atoms with Crippen molar-refractivity contribution in [2.75, 3.05) is 12.3 Å². The van der Waals surface area contributed by atoms with Gasteiger partial charge in [-0.2, -0.15) is 0 Å². The van der Waals surface area contributed by atoms with Gasteiger partial charge >= 0.3 is 0 Å². The summed E-state index contributed by atoms with van der Waals surface area (Å²) < 4.78 is 7.87. The molecule has 4 heterocycles. The number of imidazole rings is 2. The summed E-state index contributed by atoms with van der Waals surface area (Å²) >= 11 is 0. The Morgan fingerprint density at radius 3 is 2.73 bits per heavy atom. The summed E-state index contributed by atoms with van der Waals surface area (Å²) in [7, 11) is 0. The van der Waals surface area contributed by atoms with Crippen molar-refractivity contribution in [2.24, 2.45) is 5.92 Å². The molecule has 7 rings (SSSR count). The van der Waals surface area contributed by atoms with Crippen molar-refractivity contribution < 1.29 is 14.9 Å². The van der Waals surface area contributed by atoms with E-state index in [0.717, 1.165) is 48.5 Å². The van der Waals surface area contributed by atoms with Gasteiger partial charge in [0.15, 0.2) is 17.7 Å². The number of nitrogen functional groups attached to an aromatic ring is 1. The van der Waals surface area contributed by atoms with Crippen molar-refractivity contribution in [2.45, 2.75) is 101 Å². The van der Waals surface area contributed by atoms with Crippen LogP contribution in [0.25, 0.3) is 22.2 Å². The van der Waals surface area contributed by atoms with E-state index in [1.54, 1.807) is 4.57 Å². The minimum absolute atomic E-state index is 0.266. The molecule has 3 aliphatic rings. The molecule has 1 saturated heterocycles. The van der Waals surface area contributed by atoms with E-state index in [2.05, 4.69) is 56.9 Å². The summed E-state index contributed by atoms with van der Waals surface area (Å²) in [4.78, 5) is 23.4. The lowest BCUT2D eigenvalue weighted by Crippen LogP contribution is -2.52. The Kier molecular flexibility index (Phi) is 6.93. The SMILES string of the molecule is CC(C)N(C[C@H]1O[C@@H](n2cnc3c(N)ncnc32)[C@@H](O)[C@H]1O)C1CC(CCc2nc3ccc(C4CCC4)cc3[nH]2)C1. The van der Waals surface area contributed by atoms with Crippen molar-refractivity contribution in [3.63, 3.8) is 0 Å². The number of benzene rings is 1. The zero-order valence-electron chi connectivity index (χ0n) is 23.7. The van der Waals surface area contributed by atoms with Gasteiger partial charge in [0, 0.05) is 25.0 Å². The van der Waals surface area contributed by atoms with Crippen LogP contribution in [0.1, 0.15) is 75.9 Å². The van der Waals surface area contributed by atoms with Crippen LogP contribution in [0, 0.1) is 5.92 Å². The predicted octanol–water partition coefficient (Wildman–Crippen LogP) is 3.29. The number of aromatic nitrogens is 6. The van der Waals surface area contributed by atoms with Crippen LogP contribution in [0.3, 0.4) is 0 Å². The molecule has 0 spiro atoms. The summed E-state index contributed by atoms with van der Waals surface area (Å²) in [5, 5.41) is 21.8. The van der Waals surface area contributed by atoms with Gasteiger partial charge in [-0.25, -0.2) is 19.9 Å². The second kappa shape index (κ2) is 10.6. The molecule has 11 heteroatoms. The molecule has 5 N–H and O–H groups in total. The molecule has 4 aromatic rings. The zero-order valence-corrected chi connectivity index (χ0v) is 23.7. The Morgan fingerprint density at radius 2 is 1.98 bits per heavy atom. The maximum atomic E-state index is 10.9. The Bertz CT molecular complexity index is 1520. The summed E-state index contributed by atoms with van der Waals surface area (Å²) in [6.45, 7) is 4.90. The lowest BCUT2D eigenvalue weighted by Gasteiger charge is -2.46. The van der Waals surface area contributed by atoms with Crippen LogP contribution in [0.5, 0.6) is 0 Å². The maximum absolute atomic E-state index is 10.9. The van der Waals surface area contributed by atoms with E-state index in [9.17, 15) is 10.2 Å². The van der Waals surface area contributed by atoms with Crippen molar-refractivity contribution in [1.82, 2.24) is 34.4 Å². The van der Waals surface area contributed by atoms with Crippen molar-refractivity contribution in [1.29, 1.82) is 0 Å². The van der Waals surface area contributed by atoms with Gasteiger partial charge in [0.1, 0.15) is 36.0 Å². The standard InChI is InChI=1S/C30H40N8O3/c1-16(2)37(13-23-26(39)27(40)30(41-23)38-15-34-25-28(31)32-14-33-29(25)38)20-10-17(11-20)6-9-24-35-21-8-7-19(12-22(21)36-24)18-4-3-5-18/h7-8,12,14-18,20,23,26-27,30,39-40H,3-6,9-11,13H2,1-2H3,(H,35,36)(H2,31,32,33)/t17?,20?,23-,26+,27+,30-/m1/s1. The third-order valence-corrected chi connectivity index (χ3v) is 9.65.